The number of rotatable bonds is 9. The van der Waals surface area contributed by atoms with Gasteiger partial charge in [0.05, 0.1) is 0 Å². The maximum absolute atomic E-state index is 12.0. The van der Waals surface area contributed by atoms with Crippen molar-refractivity contribution in [3.05, 3.63) is 35.9 Å². The number of nitrogens with one attached hydrogen (secondary N) is 1. The molecule has 4 nitrogen and oxygen atoms in total. The molecule has 0 saturated carbocycles. The summed E-state index contributed by atoms with van der Waals surface area (Å²) in [5.41, 5.74) is -0.200. The molecule has 1 aromatic carbocycles. The average molecular weight is 292 g/mol. The van der Waals surface area contributed by atoms with E-state index in [9.17, 15) is 9.90 Å². The van der Waals surface area contributed by atoms with Crippen LogP contribution in [-0.2, 0) is 10.3 Å². The van der Waals surface area contributed by atoms with Crippen LogP contribution in [-0.4, -0.2) is 42.2 Å². The molecule has 0 amide bonds. The maximum atomic E-state index is 12.0. The molecule has 1 aromatic rings. The van der Waals surface area contributed by atoms with E-state index in [0.29, 0.717) is 19.0 Å². The van der Waals surface area contributed by atoms with Crippen molar-refractivity contribution >= 4 is 5.97 Å². The van der Waals surface area contributed by atoms with Crippen LogP contribution in [0.1, 0.15) is 39.2 Å². The molecule has 1 rings (SSSR count). The largest absolute Gasteiger partial charge is 0.480 e. The maximum Gasteiger partial charge on any atom is 0.328 e. The van der Waals surface area contributed by atoms with E-state index in [-0.39, 0.29) is 0 Å². The predicted octanol–water partition coefficient (Wildman–Crippen LogP) is 2.70. The van der Waals surface area contributed by atoms with Crippen LogP contribution in [0.4, 0.5) is 0 Å². The summed E-state index contributed by atoms with van der Waals surface area (Å²) in [6.07, 6.45) is 1.60. The van der Waals surface area contributed by atoms with Gasteiger partial charge in [-0.15, -0.1) is 0 Å². The summed E-state index contributed by atoms with van der Waals surface area (Å²) in [5.74, 6) is -0.812. The fraction of sp³-hybridized carbons (Fsp3) is 0.588. The van der Waals surface area contributed by atoms with Gasteiger partial charge in [-0.05, 0) is 38.9 Å². The number of carboxylic acid groups (broad SMARTS) is 1. The minimum atomic E-state index is -1.02. The van der Waals surface area contributed by atoms with Crippen LogP contribution >= 0.6 is 0 Å². The van der Waals surface area contributed by atoms with Crippen LogP contribution in [0.25, 0.3) is 0 Å². The van der Waals surface area contributed by atoms with E-state index >= 15 is 0 Å². The molecule has 0 aliphatic carbocycles. The highest BCUT2D eigenvalue weighted by molar-refractivity contribution is 5.80. The SMILES string of the molecule is CCNC(CCN(C)C(C)CC)(C(=O)O)c1ccccc1. The highest BCUT2D eigenvalue weighted by Crippen LogP contribution is 2.26. The van der Waals surface area contributed by atoms with E-state index in [1.807, 2.05) is 37.3 Å². The molecule has 0 bridgehead atoms. The van der Waals surface area contributed by atoms with Crippen molar-refractivity contribution in [1.82, 2.24) is 10.2 Å². The lowest BCUT2D eigenvalue weighted by Gasteiger charge is -2.34. The molecule has 0 aliphatic rings. The summed E-state index contributed by atoms with van der Waals surface area (Å²) in [5, 5.41) is 13.0. The molecular formula is C17H28N2O2. The van der Waals surface area contributed by atoms with Gasteiger partial charge in [-0.1, -0.05) is 44.2 Å². The Morgan fingerprint density at radius 2 is 1.95 bits per heavy atom. The van der Waals surface area contributed by atoms with E-state index in [0.717, 1.165) is 18.5 Å². The normalized spacial score (nSPS) is 15.7. The number of hydrogen-bond acceptors (Lipinski definition) is 3. The van der Waals surface area contributed by atoms with Crippen molar-refractivity contribution in [2.45, 2.75) is 45.2 Å². The zero-order valence-corrected chi connectivity index (χ0v) is 13.6. The average Bonchev–Trinajstić information content (AvgIpc) is 2.50. The van der Waals surface area contributed by atoms with Crippen molar-refractivity contribution in [3.8, 4) is 0 Å². The molecule has 21 heavy (non-hydrogen) atoms. The van der Waals surface area contributed by atoms with Gasteiger partial charge in [0.2, 0.25) is 0 Å². The third-order valence-electron chi connectivity index (χ3n) is 4.29. The summed E-state index contributed by atoms with van der Waals surface area (Å²) in [6, 6.07) is 9.92. The fourth-order valence-electron chi connectivity index (χ4n) is 2.54. The first-order chi connectivity index (χ1) is 9.97. The Bertz CT molecular complexity index is 436. The minimum absolute atomic E-state index is 0.453. The van der Waals surface area contributed by atoms with Crippen molar-refractivity contribution < 1.29 is 9.90 Å². The number of hydrogen-bond donors (Lipinski definition) is 2. The quantitative estimate of drug-likeness (QED) is 0.735. The van der Waals surface area contributed by atoms with Gasteiger partial charge in [0.15, 0.2) is 0 Å². The van der Waals surface area contributed by atoms with Gasteiger partial charge in [-0.2, -0.15) is 0 Å². The van der Waals surface area contributed by atoms with Crippen LogP contribution in [0.5, 0.6) is 0 Å². The van der Waals surface area contributed by atoms with Crippen LogP contribution in [0.2, 0.25) is 0 Å². The molecule has 0 fully saturated rings. The lowest BCUT2D eigenvalue weighted by molar-refractivity contribution is -0.146. The number of benzene rings is 1. The molecule has 0 heterocycles. The second-order valence-electron chi connectivity index (χ2n) is 5.59. The summed E-state index contributed by atoms with van der Waals surface area (Å²) < 4.78 is 0. The summed E-state index contributed by atoms with van der Waals surface area (Å²) in [6.45, 7) is 7.61. The van der Waals surface area contributed by atoms with Crippen molar-refractivity contribution in [3.63, 3.8) is 0 Å². The molecule has 2 atom stereocenters. The smallest absolute Gasteiger partial charge is 0.328 e. The molecule has 2 N–H and O–H groups in total. The molecule has 0 spiro atoms. The van der Waals surface area contributed by atoms with E-state index in [2.05, 4.69) is 31.1 Å². The van der Waals surface area contributed by atoms with Gasteiger partial charge < -0.3 is 10.0 Å². The third kappa shape index (κ3) is 4.29. The Balaban J connectivity index is 3.00. The third-order valence-corrected chi connectivity index (χ3v) is 4.29. The summed E-state index contributed by atoms with van der Waals surface area (Å²) >= 11 is 0. The standard InChI is InChI=1S/C17H28N2O2/c1-5-14(3)19(4)13-12-17(16(20)21,18-6-2)15-10-8-7-9-11-15/h7-11,14,18H,5-6,12-13H2,1-4H3,(H,20,21). The van der Waals surface area contributed by atoms with Gasteiger partial charge >= 0.3 is 5.97 Å². The fourth-order valence-corrected chi connectivity index (χ4v) is 2.54. The summed E-state index contributed by atoms with van der Waals surface area (Å²) in [7, 11) is 2.05. The highest BCUT2D eigenvalue weighted by Gasteiger charge is 2.39. The zero-order chi connectivity index (χ0) is 15.9. The van der Waals surface area contributed by atoms with Gasteiger partial charge in [-0.3, -0.25) is 5.32 Å². The Morgan fingerprint density at radius 3 is 2.43 bits per heavy atom. The Kier molecular flexibility index (Phi) is 6.85. The van der Waals surface area contributed by atoms with E-state index in [1.165, 1.54) is 0 Å². The van der Waals surface area contributed by atoms with Crippen LogP contribution < -0.4 is 5.32 Å². The van der Waals surface area contributed by atoms with E-state index in [1.54, 1.807) is 0 Å². The highest BCUT2D eigenvalue weighted by atomic mass is 16.4. The lowest BCUT2D eigenvalue weighted by Crippen LogP contribution is -2.51. The van der Waals surface area contributed by atoms with E-state index < -0.39 is 11.5 Å². The molecule has 2 unspecified atom stereocenters. The number of nitrogens with zero attached hydrogens (tertiary/aromatic N) is 1. The number of carbonyl (C=O) groups is 1. The molecule has 0 aromatic heterocycles. The first-order valence-electron chi connectivity index (χ1n) is 7.72. The monoisotopic (exact) mass is 292 g/mol. The molecule has 118 valence electrons. The van der Waals surface area contributed by atoms with Gasteiger partial charge in [-0.25, -0.2) is 4.79 Å². The first kappa shape index (κ1) is 17.7. The molecular weight excluding hydrogens is 264 g/mol. The lowest BCUT2D eigenvalue weighted by atomic mass is 9.86. The van der Waals surface area contributed by atoms with E-state index in [4.69, 9.17) is 0 Å². The van der Waals surface area contributed by atoms with Crippen molar-refractivity contribution in [1.29, 1.82) is 0 Å². The van der Waals surface area contributed by atoms with Crippen LogP contribution in [0.3, 0.4) is 0 Å². The van der Waals surface area contributed by atoms with Crippen LogP contribution in [0.15, 0.2) is 30.3 Å². The Hall–Kier alpha value is -1.39. The van der Waals surface area contributed by atoms with Gasteiger partial charge in [0, 0.05) is 12.6 Å². The molecule has 4 heteroatoms. The first-order valence-corrected chi connectivity index (χ1v) is 7.72. The van der Waals surface area contributed by atoms with Gasteiger partial charge in [0.1, 0.15) is 5.54 Å². The number of likely N-dealkylation sites (N-methyl/N-ethyl adjacent to an activating group) is 1. The molecule has 0 saturated heterocycles. The Labute approximate surface area is 128 Å². The molecule has 0 radical (unpaired) electrons. The van der Waals surface area contributed by atoms with Crippen molar-refractivity contribution in [2.75, 3.05) is 20.1 Å². The Morgan fingerprint density at radius 1 is 1.33 bits per heavy atom. The zero-order valence-electron chi connectivity index (χ0n) is 13.6. The second-order valence-corrected chi connectivity index (χ2v) is 5.59. The molecule has 0 aliphatic heterocycles. The number of aliphatic carboxylic acids is 1. The summed E-state index contributed by atoms with van der Waals surface area (Å²) in [4.78, 5) is 14.2. The predicted molar refractivity (Wildman–Crippen MR) is 86.4 cm³/mol. The minimum Gasteiger partial charge on any atom is -0.480 e. The second kappa shape index (κ2) is 8.15. The van der Waals surface area contributed by atoms with Crippen molar-refractivity contribution in [2.24, 2.45) is 0 Å². The van der Waals surface area contributed by atoms with Crippen LogP contribution in [0, 0.1) is 0 Å². The van der Waals surface area contributed by atoms with Gasteiger partial charge in [0.25, 0.3) is 0 Å². The number of carboxylic acids is 1. The topological polar surface area (TPSA) is 52.6 Å².